The number of sulfonamides is 1. The summed E-state index contributed by atoms with van der Waals surface area (Å²) in [6.45, 7) is 2.74. The maximum Gasteiger partial charge on any atom is 0.263 e. The van der Waals surface area contributed by atoms with E-state index in [1.807, 2.05) is 35.2 Å². The van der Waals surface area contributed by atoms with Crippen molar-refractivity contribution in [1.82, 2.24) is 14.9 Å². The highest BCUT2D eigenvalue weighted by molar-refractivity contribution is 7.92. The highest BCUT2D eigenvalue weighted by atomic mass is 32.2. The normalized spacial score (nSPS) is 17.7. The van der Waals surface area contributed by atoms with Gasteiger partial charge >= 0.3 is 0 Å². The van der Waals surface area contributed by atoms with Gasteiger partial charge in [0.25, 0.3) is 10.0 Å². The molecule has 2 aliphatic rings. The summed E-state index contributed by atoms with van der Waals surface area (Å²) in [5.41, 5.74) is 2.07. The number of nitrogens with one attached hydrogen (secondary N) is 1. The summed E-state index contributed by atoms with van der Waals surface area (Å²) in [5.74, 6) is 0.821. The average molecular weight is 508 g/mol. The van der Waals surface area contributed by atoms with Crippen molar-refractivity contribution < 1.29 is 14.6 Å². The van der Waals surface area contributed by atoms with Crippen molar-refractivity contribution in [2.24, 2.45) is 5.92 Å². The monoisotopic (exact) mass is 507 g/mol. The van der Waals surface area contributed by atoms with Crippen molar-refractivity contribution in [3.8, 4) is 0 Å². The van der Waals surface area contributed by atoms with Crippen LogP contribution in [0.25, 0.3) is 0 Å². The van der Waals surface area contributed by atoms with Gasteiger partial charge in [-0.15, -0.1) is 0 Å². The van der Waals surface area contributed by atoms with Gasteiger partial charge in [-0.05, 0) is 54.7 Å². The summed E-state index contributed by atoms with van der Waals surface area (Å²) in [6, 6.07) is 18.6. The number of amides is 1. The predicted octanol–water partition coefficient (Wildman–Crippen LogP) is 4.15. The molecular formula is C27H33N5O3S. The number of benzene rings is 2. The highest BCUT2D eigenvalue weighted by Crippen LogP contribution is 2.38. The van der Waals surface area contributed by atoms with E-state index in [-0.39, 0.29) is 24.0 Å². The van der Waals surface area contributed by atoms with Gasteiger partial charge in [0.2, 0.25) is 5.91 Å². The van der Waals surface area contributed by atoms with Crippen LogP contribution < -0.4 is 9.62 Å². The fraction of sp³-hybridized carbons (Fsp3) is 0.370. The summed E-state index contributed by atoms with van der Waals surface area (Å²) >= 11 is 0. The van der Waals surface area contributed by atoms with E-state index in [0.717, 1.165) is 24.1 Å². The molecule has 0 radical (unpaired) electrons. The first kappa shape index (κ1) is 24.2. The Morgan fingerprint density at radius 2 is 1.64 bits per heavy atom. The molecule has 190 valence electrons. The van der Waals surface area contributed by atoms with Crippen molar-refractivity contribution in [1.29, 1.82) is 0 Å². The highest BCUT2D eigenvalue weighted by Gasteiger charge is 2.35. The smallest absolute Gasteiger partial charge is 0.263 e. The number of anilines is 2. The predicted molar refractivity (Wildman–Crippen MR) is 141 cm³/mol. The van der Waals surface area contributed by atoms with Gasteiger partial charge in [0, 0.05) is 39.5 Å². The van der Waals surface area contributed by atoms with Crippen LogP contribution in [0, 0.1) is 5.92 Å². The van der Waals surface area contributed by atoms with E-state index in [4.69, 9.17) is 0 Å². The molecule has 1 unspecified atom stereocenters. The van der Waals surface area contributed by atoms with Crippen molar-refractivity contribution in [2.45, 2.75) is 36.5 Å². The fourth-order valence-electron chi connectivity index (χ4n) is 5.33. The van der Waals surface area contributed by atoms with Crippen LogP contribution in [0.5, 0.6) is 0 Å². The van der Waals surface area contributed by atoms with Gasteiger partial charge in [0.15, 0.2) is 0 Å². The molecule has 1 saturated carbocycles. The number of piperazine rings is 1. The van der Waals surface area contributed by atoms with E-state index in [1.54, 1.807) is 12.1 Å². The molecule has 1 N–H and O–H groups in total. The lowest BCUT2D eigenvalue weighted by Gasteiger charge is -2.38. The zero-order valence-corrected chi connectivity index (χ0v) is 21.0. The largest absolute Gasteiger partial charge is 0.368 e. The second-order valence-electron chi connectivity index (χ2n) is 9.44. The van der Waals surface area contributed by atoms with Gasteiger partial charge < -0.3 is 9.80 Å². The third kappa shape index (κ3) is 5.36. The van der Waals surface area contributed by atoms with Crippen LogP contribution in [-0.4, -0.2) is 55.4 Å². The van der Waals surface area contributed by atoms with Crippen LogP contribution in [0.3, 0.4) is 0 Å². The molecule has 1 amide bonds. The molecule has 2 fully saturated rings. The summed E-state index contributed by atoms with van der Waals surface area (Å²) in [7, 11) is -3.74. The Morgan fingerprint density at radius 1 is 0.944 bits per heavy atom. The average Bonchev–Trinajstić information content (AvgIpc) is 3.44. The Bertz CT molecular complexity index is 1260. The Morgan fingerprint density at radius 3 is 2.28 bits per heavy atom. The summed E-state index contributed by atoms with van der Waals surface area (Å²) < 4.78 is 27.8. The number of hydrogen-bond donors (Lipinski definition) is 1. The van der Waals surface area contributed by atoms with E-state index in [1.165, 1.54) is 31.4 Å². The Balaban J connectivity index is 0.00000320. The molecule has 0 bridgehead atoms. The molecule has 8 nitrogen and oxygen atoms in total. The van der Waals surface area contributed by atoms with Crippen molar-refractivity contribution >= 4 is 27.4 Å². The number of aromatic nitrogens is 2. The summed E-state index contributed by atoms with van der Waals surface area (Å²) in [6.07, 6.45) is 7.42. The fourth-order valence-corrected chi connectivity index (χ4v) is 6.34. The first-order valence-electron chi connectivity index (χ1n) is 12.5. The van der Waals surface area contributed by atoms with Gasteiger partial charge in [-0.3, -0.25) is 9.52 Å². The lowest BCUT2D eigenvalue weighted by atomic mass is 9.83. The molecule has 36 heavy (non-hydrogen) atoms. The Labute approximate surface area is 213 Å². The summed E-state index contributed by atoms with van der Waals surface area (Å²) in [5, 5.41) is 0. The van der Waals surface area contributed by atoms with E-state index in [0.29, 0.717) is 32.1 Å². The zero-order valence-electron chi connectivity index (χ0n) is 20.2. The summed E-state index contributed by atoms with van der Waals surface area (Å²) in [4.78, 5) is 25.7. The van der Waals surface area contributed by atoms with E-state index >= 15 is 0 Å². The molecule has 2 aromatic carbocycles. The first-order chi connectivity index (χ1) is 17.5. The molecule has 1 saturated heterocycles. The zero-order chi connectivity index (χ0) is 25.0. The van der Waals surface area contributed by atoms with E-state index in [2.05, 4.69) is 31.7 Å². The van der Waals surface area contributed by atoms with Gasteiger partial charge in [-0.1, -0.05) is 43.2 Å². The van der Waals surface area contributed by atoms with Crippen LogP contribution in [0.4, 0.5) is 11.5 Å². The maximum absolute atomic E-state index is 13.7. The van der Waals surface area contributed by atoms with Gasteiger partial charge in [-0.2, -0.15) is 0 Å². The minimum Gasteiger partial charge on any atom is -0.368 e. The van der Waals surface area contributed by atoms with Crippen LogP contribution in [0.2, 0.25) is 0 Å². The lowest BCUT2D eigenvalue weighted by molar-refractivity contribution is -0.134. The molecule has 1 aromatic heterocycles. The lowest BCUT2D eigenvalue weighted by Crippen LogP contribution is -2.50. The Hall–Kier alpha value is -3.46. The van der Waals surface area contributed by atoms with Crippen LogP contribution in [-0.2, 0) is 14.8 Å². The van der Waals surface area contributed by atoms with Crippen LogP contribution >= 0.6 is 0 Å². The number of carbonyl (C=O) groups excluding carboxylic acids is 1. The second kappa shape index (κ2) is 10.7. The van der Waals surface area contributed by atoms with E-state index in [9.17, 15) is 13.2 Å². The van der Waals surface area contributed by atoms with Crippen molar-refractivity contribution in [3.63, 3.8) is 0 Å². The van der Waals surface area contributed by atoms with Gasteiger partial charge in [-0.25, -0.2) is 18.4 Å². The van der Waals surface area contributed by atoms with Gasteiger partial charge in [0.1, 0.15) is 12.1 Å². The molecule has 1 aliphatic heterocycles. The standard InChI is InChI=1S/C27H31N5O3S.H2/c33-27(26(22-8-4-5-9-22)21-6-2-1-3-7-21)32-18-16-31(17-19-32)23-10-12-24(13-11-23)36(34,35)30-25-14-15-28-20-29-25;/h1-3,6-7,10-15,20,22,26H,4-5,8-9,16-19H2,(H,28,29,30);1H. The quantitative estimate of drug-likeness (QED) is 0.516. The number of nitrogens with zero attached hydrogens (tertiary/aromatic N) is 4. The topological polar surface area (TPSA) is 95.5 Å². The van der Waals surface area contributed by atoms with E-state index < -0.39 is 10.0 Å². The number of carbonyl (C=O) groups is 1. The third-order valence-electron chi connectivity index (χ3n) is 7.22. The molecule has 0 spiro atoms. The molecule has 2 heterocycles. The Kier molecular flexibility index (Phi) is 7.18. The molecule has 1 atom stereocenters. The van der Waals surface area contributed by atoms with Crippen LogP contribution in [0.1, 0.15) is 38.6 Å². The second-order valence-corrected chi connectivity index (χ2v) is 11.1. The minimum absolute atomic E-state index is 0. The van der Waals surface area contributed by atoms with Crippen molar-refractivity contribution in [2.75, 3.05) is 35.8 Å². The minimum atomic E-state index is -3.74. The first-order valence-corrected chi connectivity index (χ1v) is 14.0. The molecule has 5 rings (SSSR count). The number of hydrogen-bond acceptors (Lipinski definition) is 6. The molecule has 3 aromatic rings. The van der Waals surface area contributed by atoms with Crippen LogP contribution in [0.15, 0.2) is 78.1 Å². The molecule has 1 aliphatic carbocycles. The van der Waals surface area contributed by atoms with Crippen molar-refractivity contribution in [3.05, 3.63) is 78.8 Å². The molecule has 9 heteroatoms. The SMILES string of the molecule is O=C(C(c1ccccc1)C1CCCC1)N1CCN(c2ccc(S(=O)(=O)Nc3ccncn3)cc2)CC1.[HH]. The van der Waals surface area contributed by atoms with Gasteiger partial charge in [0.05, 0.1) is 10.8 Å². The third-order valence-corrected chi connectivity index (χ3v) is 8.59. The maximum atomic E-state index is 13.7. The number of rotatable bonds is 7. The molecular weight excluding hydrogens is 474 g/mol.